The van der Waals surface area contributed by atoms with E-state index in [9.17, 15) is 4.79 Å². The first-order chi connectivity index (χ1) is 7.77. The van der Waals surface area contributed by atoms with E-state index in [4.69, 9.17) is 0 Å². The third-order valence-electron chi connectivity index (χ3n) is 4.44. The van der Waals surface area contributed by atoms with Crippen LogP contribution in [0.25, 0.3) is 0 Å². The minimum Gasteiger partial charge on any atom is -0.336 e. The SMILES string of the molecule is CC(=O)N(C(C)C)C1C(C)NC(C)C(C)C1C. The topological polar surface area (TPSA) is 32.3 Å². The molecule has 0 aromatic carbocycles. The number of piperidine rings is 1. The molecule has 1 saturated heterocycles. The van der Waals surface area contributed by atoms with Gasteiger partial charge in [-0.15, -0.1) is 0 Å². The van der Waals surface area contributed by atoms with Crippen molar-refractivity contribution in [2.45, 2.75) is 72.6 Å². The lowest BCUT2D eigenvalue weighted by Gasteiger charge is -2.49. The Kier molecular flexibility index (Phi) is 4.59. The number of carbonyl (C=O) groups is 1. The summed E-state index contributed by atoms with van der Waals surface area (Å²) in [6.07, 6.45) is 0. The molecule has 1 aliphatic rings. The molecule has 100 valence electrons. The van der Waals surface area contributed by atoms with Crippen molar-refractivity contribution in [3.05, 3.63) is 0 Å². The second-order valence-electron chi connectivity index (χ2n) is 5.97. The summed E-state index contributed by atoms with van der Waals surface area (Å²) in [6.45, 7) is 14.9. The zero-order chi connectivity index (χ0) is 13.3. The first-order valence-electron chi connectivity index (χ1n) is 6.82. The Hall–Kier alpha value is -0.570. The van der Waals surface area contributed by atoms with Gasteiger partial charge in [0.2, 0.25) is 5.91 Å². The maximum atomic E-state index is 11.9. The molecule has 1 N–H and O–H groups in total. The van der Waals surface area contributed by atoms with E-state index >= 15 is 0 Å². The lowest BCUT2D eigenvalue weighted by Crippen LogP contribution is -2.63. The molecule has 3 nitrogen and oxygen atoms in total. The Bertz CT molecular complexity index is 277. The van der Waals surface area contributed by atoms with Gasteiger partial charge in [0.05, 0.1) is 0 Å². The van der Waals surface area contributed by atoms with Crippen LogP contribution in [0.5, 0.6) is 0 Å². The van der Waals surface area contributed by atoms with Gasteiger partial charge in [-0.1, -0.05) is 13.8 Å². The van der Waals surface area contributed by atoms with Crippen molar-refractivity contribution in [1.29, 1.82) is 0 Å². The molecule has 1 heterocycles. The Morgan fingerprint density at radius 3 is 2.00 bits per heavy atom. The maximum Gasteiger partial charge on any atom is 0.219 e. The van der Waals surface area contributed by atoms with Crippen molar-refractivity contribution in [2.24, 2.45) is 11.8 Å². The van der Waals surface area contributed by atoms with Gasteiger partial charge >= 0.3 is 0 Å². The van der Waals surface area contributed by atoms with Crippen LogP contribution in [-0.2, 0) is 4.79 Å². The van der Waals surface area contributed by atoms with Gasteiger partial charge in [-0.2, -0.15) is 0 Å². The van der Waals surface area contributed by atoms with Gasteiger partial charge in [0.1, 0.15) is 0 Å². The van der Waals surface area contributed by atoms with Crippen LogP contribution >= 0.6 is 0 Å². The lowest BCUT2D eigenvalue weighted by molar-refractivity contribution is -0.137. The highest BCUT2D eigenvalue weighted by Gasteiger charge is 2.41. The predicted molar refractivity (Wildman–Crippen MR) is 71.8 cm³/mol. The smallest absolute Gasteiger partial charge is 0.219 e. The highest BCUT2D eigenvalue weighted by Crippen LogP contribution is 2.31. The Morgan fingerprint density at radius 2 is 1.59 bits per heavy atom. The van der Waals surface area contributed by atoms with Crippen LogP contribution in [0.2, 0.25) is 0 Å². The highest BCUT2D eigenvalue weighted by molar-refractivity contribution is 5.74. The fraction of sp³-hybridized carbons (Fsp3) is 0.929. The number of hydrogen-bond acceptors (Lipinski definition) is 2. The van der Waals surface area contributed by atoms with E-state index in [0.717, 1.165) is 0 Å². The third-order valence-corrected chi connectivity index (χ3v) is 4.44. The second kappa shape index (κ2) is 5.38. The van der Waals surface area contributed by atoms with Gasteiger partial charge in [0.15, 0.2) is 0 Å². The molecule has 1 aliphatic heterocycles. The molecule has 0 aromatic rings. The van der Waals surface area contributed by atoms with Gasteiger partial charge in [-0.25, -0.2) is 0 Å². The number of hydrogen-bond donors (Lipinski definition) is 1. The monoisotopic (exact) mass is 240 g/mol. The van der Waals surface area contributed by atoms with Gasteiger partial charge < -0.3 is 10.2 Å². The molecule has 1 fully saturated rings. The molecule has 1 amide bonds. The first kappa shape index (κ1) is 14.5. The minimum absolute atomic E-state index is 0.187. The molecule has 0 saturated carbocycles. The summed E-state index contributed by atoms with van der Waals surface area (Å²) >= 11 is 0. The van der Waals surface area contributed by atoms with E-state index in [-0.39, 0.29) is 11.9 Å². The molecule has 5 atom stereocenters. The van der Waals surface area contributed by atoms with Crippen LogP contribution in [0.4, 0.5) is 0 Å². The summed E-state index contributed by atoms with van der Waals surface area (Å²) in [5, 5.41) is 3.61. The summed E-state index contributed by atoms with van der Waals surface area (Å²) in [5.74, 6) is 1.32. The van der Waals surface area contributed by atoms with E-state index in [1.807, 2.05) is 4.90 Å². The molecule has 5 unspecified atom stereocenters. The molecule has 0 bridgehead atoms. The molecule has 0 radical (unpaired) electrons. The summed E-state index contributed by atoms with van der Waals surface area (Å²) in [7, 11) is 0. The van der Waals surface area contributed by atoms with Crippen LogP contribution in [0.3, 0.4) is 0 Å². The quantitative estimate of drug-likeness (QED) is 0.803. The van der Waals surface area contributed by atoms with Crippen LogP contribution in [-0.4, -0.2) is 35.0 Å². The minimum atomic E-state index is 0.187. The highest BCUT2D eigenvalue weighted by atomic mass is 16.2. The van der Waals surface area contributed by atoms with E-state index in [1.54, 1.807) is 6.92 Å². The first-order valence-corrected chi connectivity index (χ1v) is 6.82. The van der Waals surface area contributed by atoms with E-state index < -0.39 is 0 Å². The molecule has 1 rings (SSSR count). The predicted octanol–water partition coefficient (Wildman–Crippen LogP) is 2.26. The molecular formula is C14H28N2O. The van der Waals surface area contributed by atoms with Crippen LogP contribution < -0.4 is 5.32 Å². The Balaban J connectivity index is 2.96. The maximum absolute atomic E-state index is 11.9. The Morgan fingerprint density at radius 1 is 1.06 bits per heavy atom. The molecule has 0 spiro atoms. The van der Waals surface area contributed by atoms with Gasteiger partial charge in [0.25, 0.3) is 0 Å². The van der Waals surface area contributed by atoms with Gasteiger partial charge in [-0.05, 0) is 39.5 Å². The average Bonchev–Trinajstić information content (AvgIpc) is 2.19. The van der Waals surface area contributed by atoms with Gasteiger partial charge in [-0.3, -0.25) is 4.79 Å². The van der Waals surface area contributed by atoms with Crippen LogP contribution in [0, 0.1) is 11.8 Å². The van der Waals surface area contributed by atoms with Crippen molar-refractivity contribution in [3.8, 4) is 0 Å². The second-order valence-corrected chi connectivity index (χ2v) is 5.97. The van der Waals surface area contributed by atoms with E-state index in [0.29, 0.717) is 30.0 Å². The summed E-state index contributed by atoms with van der Waals surface area (Å²) in [5.41, 5.74) is 0. The van der Waals surface area contributed by atoms with Crippen LogP contribution in [0.1, 0.15) is 48.5 Å². The molecule has 17 heavy (non-hydrogen) atoms. The normalized spacial score (nSPS) is 38.2. The van der Waals surface area contributed by atoms with Crippen molar-refractivity contribution >= 4 is 5.91 Å². The molecule has 0 aliphatic carbocycles. The third kappa shape index (κ3) is 2.82. The Labute approximate surface area is 106 Å². The summed E-state index contributed by atoms with van der Waals surface area (Å²) < 4.78 is 0. The average molecular weight is 240 g/mol. The molecular weight excluding hydrogens is 212 g/mol. The van der Waals surface area contributed by atoms with Crippen molar-refractivity contribution in [2.75, 3.05) is 0 Å². The zero-order valence-corrected chi connectivity index (χ0v) is 12.3. The fourth-order valence-corrected chi connectivity index (χ4v) is 3.30. The van der Waals surface area contributed by atoms with Crippen molar-refractivity contribution in [3.63, 3.8) is 0 Å². The van der Waals surface area contributed by atoms with Crippen LogP contribution in [0.15, 0.2) is 0 Å². The molecule has 3 heteroatoms. The van der Waals surface area contributed by atoms with Gasteiger partial charge in [0, 0.05) is 31.1 Å². The number of amides is 1. The molecule has 0 aromatic heterocycles. The number of nitrogens with one attached hydrogen (secondary N) is 1. The van der Waals surface area contributed by atoms with E-state index in [2.05, 4.69) is 46.9 Å². The summed E-state index contributed by atoms with van der Waals surface area (Å²) in [6, 6.07) is 1.46. The van der Waals surface area contributed by atoms with Crippen molar-refractivity contribution in [1.82, 2.24) is 10.2 Å². The largest absolute Gasteiger partial charge is 0.336 e. The fourth-order valence-electron chi connectivity index (χ4n) is 3.30. The zero-order valence-electron chi connectivity index (χ0n) is 12.3. The standard InChI is InChI=1S/C14H28N2O/c1-8(2)16(13(7)17)14-10(4)9(3)11(5)15-12(14)6/h8-12,14-15H,1-7H3. The summed E-state index contributed by atoms with van der Waals surface area (Å²) in [4.78, 5) is 13.9. The number of nitrogens with zero attached hydrogens (tertiary/aromatic N) is 1. The van der Waals surface area contributed by atoms with Crippen molar-refractivity contribution < 1.29 is 4.79 Å². The van der Waals surface area contributed by atoms with E-state index in [1.165, 1.54) is 0 Å². The number of carbonyl (C=O) groups excluding carboxylic acids is 1. The lowest BCUT2D eigenvalue weighted by atomic mass is 9.76. The number of rotatable bonds is 2.